The van der Waals surface area contributed by atoms with Crippen LogP contribution in [0.25, 0.3) is 28.4 Å². The molecule has 0 bridgehead atoms. The molecule has 2 aromatic heterocycles. The number of hydrogen-bond acceptors (Lipinski definition) is 6. The molecular formula is C20H11ClN4O3S. The number of aromatic amines is 1. The van der Waals surface area contributed by atoms with E-state index in [-0.39, 0.29) is 5.69 Å². The van der Waals surface area contributed by atoms with Crippen molar-refractivity contribution in [2.24, 2.45) is 0 Å². The summed E-state index contributed by atoms with van der Waals surface area (Å²) in [6, 6.07) is 17.1. The molecular weight excluding hydrogens is 412 g/mol. The van der Waals surface area contributed by atoms with Gasteiger partial charge in [-0.25, -0.2) is 4.98 Å². The van der Waals surface area contributed by atoms with Crippen LogP contribution in [0.15, 0.2) is 69.1 Å². The van der Waals surface area contributed by atoms with Gasteiger partial charge >= 0.3 is 0 Å². The van der Waals surface area contributed by atoms with Crippen LogP contribution >= 0.6 is 23.4 Å². The number of fused-ring (bicyclic) bond motifs is 1. The maximum Gasteiger partial charge on any atom is 0.270 e. The van der Waals surface area contributed by atoms with Gasteiger partial charge in [-0.3, -0.25) is 10.1 Å². The molecule has 7 nitrogen and oxygen atoms in total. The average Bonchev–Trinajstić information content (AvgIpc) is 3.34. The number of halogens is 1. The van der Waals surface area contributed by atoms with Gasteiger partial charge in [0.05, 0.1) is 25.9 Å². The van der Waals surface area contributed by atoms with Gasteiger partial charge in [0, 0.05) is 23.8 Å². The molecule has 0 aliphatic rings. The van der Waals surface area contributed by atoms with E-state index in [9.17, 15) is 15.4 Å². The van der Waals surface area contributed by atoms with Gasteiger partial charge in [0.1, 0.15) is 17.6 Å². The minimum atomic E-state index is -0.499. The van der Waals surface area contributed by atoms with E-state index >= 15 is 0 Å². The zero-order chi connectivity index (χ0) is 20.4. The number of nitro groups is 1. The lowest BCUT2D eigenvalue weighted by molar-refractivity contribution is -0.384. The van der Waals surface area contributed by atoms with Crippen LogP contribution in [0.3, 0.4) is 0 Å². The van der Waals surface area contributed by atoms with E-state index in [1.165, 1.54) is 30.0 Å². The van der Waals surface area contributed by atoms with Crippen LogP contribution in [0.1, 0.15) is 5.76 Å². The molecule has 0 atom stereocenters. The van der Waals surface area contributed by atoms with Crippen LogP contribution < -0.4 is 0 Å². The Labute approximate surface area is 173 Å². The lowest BCUT2D eigenvalue weighted by Gasteiger charge is -2.00. The number of H-pyrrole nitrogens is 1. The summed E-state index contributed by atoms with van der Waals surface area (Å²) in [7, 11) is 0. The number of furan rings is 1. The molecule has 9 heteroatoms. The minimum absolute atomic E-state index is 0.0870. The molecule has 0 spiro atoms. The summed E-state index contributed by atoms with van der Waals surface area (Å²) in [4.78, 5) is 18.5. The molecule has 0 amide bonds. The van der Waals surface area contributed by atoms with E-state index in [1.54, 1.807) is 18.2 Å². The second kappa shape index (κ2) is 7.83. The molecule has 0 unspecified atom stereocenters. The van der Waals surface area contributed by atoms with Gasteiger partial charge in [-0.1, -0.05) is 23.7 Å². The Morgan fingerprint density at radius 1 is 1.28 bits per heavy atom. The van der Waals surface area contributed by atoms with Crippen LogP contribution in [0.5, 0.6) is 0 Å². The molecule has 0 aliphatic carbocycles. The monoisotopic (exact) mass is 422 g/mol. The first-order chi connectivity index (χ1) is 14.0. The van der Waals surface area contributed by atoms with Gasteiger partial charge in [-0.05, 0) is 42.1 Å². The fraction of sp³-hybridized carbons (Fsp3) is 0. The number of nitrogens with zero attached hydrogens (tertiary/aromatic N) is 3. The fourth-order valence-corrected chi connectivity index (χ4v) is 3.63. The number of thioether (sulfide) groups is 1. The van der Waals surface area contributed by atoms with Crippen LogP contribution in [0.4, 0.5) is 5.69 Å². The summed E-state index contributed by atoms with van der Waals surface area (Å²) in [6.07, 6.45) is 1.58. The highest BCUT2D eigenvalue weighted by molar-refractivity contribution is 8.03. The molecule has 0 saturated heterocycles. The molecule has 142 valence electrons. The van der Waals surface area contributed by atoms with Crippen molar-refractivity contribution < 1.29 is 9.34 Å². The highest BCUT2D eigenvalue weighted by atomic mass is 35.5. The number of rotatable bonds is 5. The number of para-hydroxylation sites is 2. The average molecular weight is 423 g/mol. The molecule has 4 rings (SSSR count). The smallest absolute Gasteiger partial charge is 0.270 e. The number of aromatic nitrogens is 2. The normalized spacial score (nSPS) is 11.5. The van der Waals surface area contributed by atoms with E-state index in [0.29, 0.717) is 32.2 Å². The Morgan fingerprint density at radius 2 is 2.10 bits per heavy atom. The van der Waals surface area contributed by atoms with Crippen LogP contribution in [-0.4, -0.2) is 14.9 Å². The first kappa shape index (κ1) is 18.8. The third-order valence-electron chi connectivity index (χ3n) is 4.01. The van der Waals surface area contributed by atoms with E-state index in [1.807, 2.05) is 24.3 Å². The summed E-state index contributed by atoms with van der Waals surface area (Å²) in [5, 5.41) is 21.4. The van der Waals surface area contributed by atoms with Crippen molar-refractivity contribution in [1.82, 2.24) is 9.97 Å². The first-order valence-electron chi connectivity index (χ1n) is 8.32. The van der Waals surface area contributed by atoms with Crippen molar-refractivity contribution in [3.63, 3.8) is 0 Å². The Hall–Kier alpha value is -3.54. The predicted molar refractivity (Wildman–Crippen MR) is 111 cm³/mol. The van der Waals surface area contributed by atoms with Gasteiger partial charge in [-0.2, -0.15) is 5.26 Å². The molecule has 0 aliphatic heterocycles. The topological polar surface area (TPSA) is 109 Å². The highest BCUT2D eigenvalue weighted by Crippen LogP contribution is 2.34. The van der Waals surface area contributed by atoms with Crippen LogP contribution in [-0.2, 0) is 0 Å². The van der Waals surface area contributed by atoms with Gasteiger partial charge in [-0.15, -0.1) is 0 Å². The van der Waals surface area contributed by atoms with E-state index in [0.717, 1.165) is 11.0 Å². The first-order valence-corrected chi connectivity index (χ1v) is 9.51. The molecule has 0 radical (unpaired) electrons. The van der Waals surface area contributed by atoms with Gasteiger partial charge < -0.3 is 9.40 Å². The second-order valence-corrected chi connectivity index (χ2v) is 7.34. The lowest BCUT2D eigenvalue weighted by atomic mass is 10.1. The van der Waals surface area contributed by atoms with Crippen molar-refractivity contribution in [3.05, 3.63) is 80.4 Å². The molecule has 29 heavy (non-hydrogen) atoms. The van der Waals surface area contributed by atoms with Gasteiger partial charge in [0.15, 0.2) is 5.16 Å². The largest absolute Gasteiger partial charge is 0.457 e. The highest BCUT2D eigenvalue weighted by Gasteiger charge is 2.14. The third kappa shape index (κ3) is 4.01. The molecule has 2 aromatic carbocycles. The third-order valence-corrected chi connectivity index (χ3v) is 5.16. The maximum absolute atomic E-state index is 11.0. The Kier molecular flexibility index (Phi) is 5.08. The van der Waals surface area contributed by atoms with Crippen LogP contribution in [0, 0.1) is 21.4 Å². The number of allylic oxidation sites excluding steroid dienone is 1. The zero-order valence-electron chi connectivity index (χ0n) is 14.6. The van der Waals surface area contributed by atoms with E-state index in [4.69, 9.17) is 16.0 Å². The molecule has 2 heterocycles. The van der Waals surface area contributed by atoms with E-state index < -0.39 is 4.92 Å². The Balaban J connectivity index is 1.61. The number of nitriles is 1. The van der Waals surface area contributed by atoms with Crippen molar-refractivity contribution in [2.45, 2.75) is 5.16 Å². The molecule has 0 fully saturated rings. The van der Waals surface area contributed by atoms with E-state index in [2.05, 4.69) is 16.0 Å². The van der Waals surface area contributed by atoms with Crippen LogP contribution in [0.2, 0.25) is 5.02 Å². The summed E-state index contributed by atoms with van der Waals surface area (Å²) < 4.78 is 5.74. The summed E-state index contributed by atoms with van der Waals surface area (Å²) >= 11 is 7.34. The Morgan fingerprint density at radius 3 is 2.86 bits per heavy atom. The van der Waals surface area contributed by atoms with Crippen molar-refractivity contribution in [1.29, 1.82) is 5.26 Å². The predicted octanol–water partition coefficient (Wildman–Crippen LogP) is 6.04. The number of non-ortho nitro benzene ring substituents is 1. The lowest BCUT2D eigenvalue weighted by Crippen LogP contribution is -1.88. The summed E-state index contributed by atoms with van der Waals surface area (Å²) in [5.74, 6) is 0.790. The number of imidazole rings is 1. The maximum atomic E-state index is 11.0. The van der Waals surface area contributed by atoms with Gasteiger partial charge in [0.25, 0.3) is 5.69 Å². The zero-order valence-corrected chi connectivity index (χ0v) is 16.2. The number of hydrogen-bond donors (Lipinski definition) is 1. The summed E-state index contributed by atoms with van der Waals surface area (Å²) in [6.45, 7) is 0. The second-order valence-electron chi connectivity index (χ2n) is 5.90. The van der Waals surface area contributed by atoms with Gasteiger partial charge in [0.2, 0.25) is 0 Å². The van der Waals surface area contributed by atoms with Crippen molar-refractivity contribution in [2.75, 3.05) is 0 Å². The Bertz CT molecular complexity index is 1270. The number of nitrogens with one attached hydrogen (secondary N) is 1. The molecule has 0 saturated carbocycles. The van der Waals surface area contributed by atoms with Crippen molar-refractivity contribution in [3.8, 4) is 17.4 Å². The number of benzene rings is 2. The SMILES string of the molecule is N#C/C(=C\c1ccc(-c2cc([N+](=O)[O-])ccc2Cl)o1)Sc1nc2ccccc2[nH]1. The standard InChI is InChI=1S/C20H11ClN4O3S/c21-16-7-5-12(25(26)27)9-15(16)19-8-6-13(28-19)10-14(11-22)29-20-23-17-3-1-2-4-18(17)24-20/h1-10H,(H,23,24)/b14-10+. The minimum Gasteiger partial charge on any atom is -0.457 e. The van der Waals surface area contributed by atoms with Crippen molar-refractivity contribution >= 4 is 46.2 Å². The molecule has 4 aromatic rings. The fourth-order valence-electron chi connectivity index (χ4n) is 2.69. The number of nitro benzene ring substituents is 1. The molecule has 1 N–H and O–H groups in total. The quantitative estimate of drug-likeness (QED) is 0.182. The summed E-state index contributed by atoms with van der Waals surface area (Å²) in [5.41, 5.74) is 2.01.